The number of fused-ring (bicyclic) bond motifs is 2. The molecule has 11 rings (SSSR count). The summed E-state index contributed by atoms with van der Waals surface area (Å²) >= 11 is 0. The van der Waals surface area contributed by atoms with Gasteiger partial charge in [-0.3, -0.25) is 38.1 Å². The summed E-state index contributed by atoms with van der Waals surface area (Å²) in [6.45, 7) is 6.77. The molecule has 5 N–H and O–H groups in total. The molecule has 4 fully saturated rings. The van der Waals surface area contributed by atoms with Gasteiger partial charge in [0.25, 0.3) is 5.91 Å². The molecule has 4 aromatic heterocycles. The Morgan fingerprint density at radius 1 is 0.729 bits per heavy atom. The number of likely N-dealkylation sites (tertiary alicyclic amines) is 2. The first-order chi connectivity index (χ1) is 46.6. The Morgan fingerprint density at radius 3 is 2.17 bits per heavy atom. The van der Waals surface area contributed by atoms with Crippen molar-refractivity contribution in [2.45, 2.75) is 95.3 Å². The van der Waals surface area contributed by atoms with Gasteiger partial charge in [-0.05, 0) is 85.9 Å². The Hall–Kier alpha value is -9.68. The van der Waals surface area contributed by atoms with Crippen LogP contribution in [-0.4, -0.2) is 224 Å². The van der Waals surface area contributed by atoms with Crippen LogP contribution in [0, 0.1) is 5.82 Å². The van der Waals surface area contributed by atoms with Crippen LogP contribution in [0.1, 0.15) is 97.1 Å². The quantitative estimate of drug-likeness (QED) is 0.0376. The van der Waals surface area contributed by atoms with Crippen molar-refractivity contribution in [3.63, 3.8) is 0 Å². The number of piperidine rings is 3. The van der Waals surface area contributed by atoms with Gasteiger partial charge in [0.05, 0.1) is 101 Å². The van der Waals surface area contributed by atoms with Gasteiger partial charge >= 0.3 is 12.0 Å². The zero-order chi connectivity index (χ0) is 67.2. The zero-order valence-electron chi connectivity index (χ0n) is 54.5. The SMILES string of the molecule is COC(=O)Cn1cc(CNC(=O)Cn2nc(C3CCN(C(=O)CCC(=O)NCCOCCOCCOCCC(=O)N4CCC(c5ccc(Nc6nc(N7CCC[C@@H](N8CCN(C)C8=O)C7)cnc6C(N)=O)cc5)CC4)CC3)c3c(-c4cc5c(cnn5C)cc4F)cccc32)nn1. The molecular weight excluding hydrogens is 1240 g/mol. The van der Waals surface area contributed by atoms with Gasteiger partial charge in [-0.15, -0.1) is 5.10 Å². The summed E-state index contributed by atoms with van der Waals surface area (Å²) in [5, 5.41) is 27.6. The fourth-order valence-electron chi connectivity index (χ4n) is 13.0. The van der Waals surface area contributed by atoms with Gasteiger partial charge in [0.2, 0.25) is 23.6 Å². The molecule has 3 aromatic carbocycles. The molecule has 0 radical (unpaired) electrons. The standard InChI is InChI=1S/C66H83FN18O11/c1-78-26-27-84(66(78)92)49-6-5-21-82(40-49)55-38-71-63(64(68)91)65(74-55)73-47-11-9-43(10-12-47)44-15-22-81(23-16-44)59(89)19-28-94-30-32-96-33-31-95-29-20-69-56(86)13-14-58(88)80-24-17-45(18-25-80)62-61-50(51-35-54-46(34-52(51)67)36-72-79(54)2)7-4-8-53(61)85(76-62)41-57(87)70-37-48-39-83(77-75-48)42-60(90)93-3/h4,7-12,34-36,38-39,44-45,49H,5-6,13-33,37,40-42H2,1-3H3,(H2,68,91)(H,69,86)(H,70,87)(H,73,74)/t49-/m1/s1. The summed E-state index contributed by atoms with van der Waals surface area (Å²) in [6.07, 6.45) is 9.60. The predicted molar refractivity (Wildman–Crippen MR) is 350 cm³/mol. The Bertz CT molecular complexity index is 3920. The number of methoxy groups -OCH3 is 1. The van der Waals surface area contributed by atoms with Crippen LogP contribution in [0.2, 0.25) is 0 Å². The van der Waals surface area contributed by atoms with Crippen LogP contribution in [0.3, 0.4) is 0 Å². The molecule has 4 saturated heterocycles. The van der Waals surface area contributed by atoms with Crippen LogP contribution in [0.15, 0.2) is 73.2 Å². The number of likely N-dealkylation sites (N-methyl/N-ethyl adjacent to an activating group) is 1. The average Bonchev–Trinajstić information content (AvgIpc) is 1.57. The molecule has 30 heteroatoms. The number of halogens is 1. The maximum Gasteiger partial charge on any atom is 0.327 e. The second-order valence-electron chi connectivity index (χ2n) is 24.6. The topological polar surface area (TPSA) is 327 Å². The smallest absolute Gasteiger partial charge is 0.327 e. The molecule has 29 nitrogen and oxygen atoms in total. The van der Waals surface area contributed by atoms with E-state index in [0.717, 1.165) is 49.0 Å². The van der Waals surface area contributed by atoms with Gasteiger partial charge in [0.15, 0.2) is 11.5 Å². The number of amides is 7. The number of nitrogens with two attached hydrogens (primary N) is 1. The minimum Gasteiger partial charge on any atom is -0.468 e. The highest BCUT2D eigenvalue weighted by Crippen LogP contribution is 2.40. The average molecular weight is 1320 g/mol. The summed E-state index contributed by atoms with van der Waals surface area (Å²) in [5.74, 6) is -1.31. The van der Waals surface area contributed by atoms with E-state index < -0.39 is 17.7 Å². The molecule has 7 amide bonds. The van der Waals surface area contributed by atoms with Gasteiger partial charge in [-0.25, -0.2) is 23.8 Å². The predicted octanol–water partition coefficient (Wildman–Crippen LogP) is 4.23. The van der Waals surface area contributed by atoms with E-state index in [1.807, 2.05) is 47.2 Å². The van der Waals surface area contributed by atoms with E-state index in [1.54, 1.807) is 50.9 Å². The minimum atomic E-state index is -0.691. The largest absolute Gasteiger partial charge is 0.468 e. The molecule has 8 heterocycles. The Labute approximate surface area is 554 Å². The normalized spacial score (nSPS) is 16.4. The molecule has 4 aliphatic heterocycles. The number of urea groups is 1. The lowest BCUT2D eigenvalue weighted by molar-refractivity contribution is -0.141. The Kier molecular flexibility index (Phi) is 22.4. The maximum atomic E-state index is 16.0. The van der Waals surface area contributed by atoms with Crippen LogP contribution < -0.4 is 26.6 Å². The first-order valence-corrected chi connectivity index (χ1v) is 32.8. The van der Waals surface area contributed by atoms with E-state index in [1.165, 1.54) is 17.9 Å². The van der Waals surface area contributed by atoms with Gasteiger partial charge < -0.3 is 65.1 Å². The molecule has 0 bridgehead atoms. The van der Waals surface area contributed by atoms with Crippen molar-refractivity contribution in [3.05, 3.63) is 102 Å². The number of anilines is 3. The Morgan fingerprint density at radius 2 is 1.45 bits per heavy atom. The third-order valence-electron chi connectivity index (χ3n) is 18.3. The lowest BCUT2D eigenvalue weighted by atomic mass is 9.88. The molecule has 0 unspecified atom stereocenters. The van der Waals surface area contributed by atoms with Crippen molar-refractivity contribution < 1.29 is 56.9 Å². The fraction of sp³-hybridized carbons (Fsp3) is 0.500. The molecule has 510 valence electrons. The van der Waals surface area contributed by atoms with Crippen molar-refractivity contribution in [1.29, 1.82) is 0 Å². The lowest BCUT2D eigenvalue weighted by Gasteiger charge is -2.37. The van der Waals surface area contributed by atoms with Crippen molar-refractivity contribution in [2.75, 3.05) is 123 Å². The second kappa shape index (κ2) is 31.7. The molecule has 0 spiro atoms. The van der Waals surface area contributed by atoms with Gasteiger partial charge in [-0.1, -0.05) is 29.5 Å². The maximum absolute atomic E-state index is 16.0. The number of aromatic nitrogens is 9. The highest BCUT2D eigenvalue weighted by Gasteiger charge is 2.36. The van der Waals surface area contributed by atoms with E-state index in [0.29, 0.717) is 130 Å². The number of hydrogen-bond donors (Lipinski definition) is 4. The monoisotopic (exact) mass is 1320 g/mol. The van der Waals surface area contributed by atoms with Crippen molar-refractivity contribution in [1.82, 2.24) is 74.8 Å². The van der Waals surface area contributed by atoms with Gasteiger partial charge in [0.1, 0.15) is 30.4 Å². The van der Waals surface area contributed by atoms with Gasteiger partial charge in [-0.2, -0.15) is 10.2 Å². The van der Waals surface area contributed by atoms with Crippen LogP contribution in [-0.2, 0) is 69.6 Å². The number of primary amides is 1. The first kappa shape index (κ1) is 67.7. The Balaban J connectivity index is 0.545. The van der Waals surface area contributed by atoms with Crippen molar-refractivity contribution in [3.8, 4) is 11.1 Å². The van der Waals surface area contributed by atoms with Crippen LogP contribution in [0.4, 0.5) is 26.5 Å². The number of nitrogens with one attached hydrogen (secondary N) is 3. The number of nitrogens with zero attached hydrogens (tertiary/aromatic N) is 14. The van der Waals surface area contributed by atoms with Gasteiger partial charge in [0, 0.05) is 114 Å². The van der Waals surface area contributed by atoms with Crippen molar-refractivity contribution in [2.24, 2.45) is 12.8 Å². The number of hydrogen-bond acceptors (Lipinski definition) is 19. The summed E-state index contributed by atoms with van der Waals surface area (Å²) < 4.78 is 42.3. The minimum absolute atomic E-state index is 0.0166. The van der Waals surface area contributed by atoms with Crippen LogP contribution >= 0.6 is 0 Å². The number of rotatable bonds is 29. The number of carbonyl (C=O) groups excluding carboxylic acids is 7. The third kappa shape index (κ3) is 16.7. The number of aryl methyl sites for hydroxylation is 1. The summed E-state index contributed by atoms with van der Waals surface area (Å²) in [7, 11) is 4.89. The van der Waals surface area contributed by atoms with E-state index >= 15 is 4.39 Å². The second-order valence-corrected chi connectivity index (χ2v) is 24.6. The summed E-state index contributed by atoms with van der Waals surface area (Å²) in [4.78, 5) is 108. The molecule has 1 atom stereocenters. The third-order valence-corrected chi connectivity index (χ3v) is 18.3. The van der Waals surface area contributed by atoms with E-state index in [-0.39, 0.29) is 118 Å². The van der Waals surface area contributed by atoms with Crippen molar-refractivity contribution >= 4 is 80.7 Å². The number of esters is 1. The van der Waals surface area contributed by atoms with Crippen LogP contribution in [0.5, 0.6) is 0 Å². The highest BCUT2D eigenvalue weighted by molar-refractivity contribution is 6.00. The fourth-order valence-corrected chi connectivity index (χ4v) is 13.0. The molecule has 96 heavy (non-hydrogen) atoms. The number of ether oxygens (including phenoxy) is 4. The lowest BCUT2D eigenvalue weighted by Crippen LogP contribution is -2.49. The van der Waals surface area contributed by atoms with E-state index in [2.05, 4.69) is 53.4 Å². The number of carbonyl (C=O) groups is 7. The molecule has 4 aliphatic rings. The molecular formula is C66H83FN18O11. The zero-order valence-corrected chi connectivity index (χ0v) is 54.5. The summed E-state index contributed by atoms with van der Waals surface area (Å²) in [5.41, 5.74) is 11.1. The first-order valence-electron chi connectivity index (χ1n) is 32.8. The molecule has 0 saturated carbocycles. The molecule has 0 aliphatic carbocycles. The van der Waals surface area contributed by atoms with E-state index in [9.17, 15) is 33.6 Å². The highest BCUT2D eigenvalue weighted by atomic mass is 19.1. The summed E-state index contributed by atoms with van der Waals surface area (Å²) in [6, 6.07) is 16.8. The molecule has 7 aromatic rings. The number of benzene rings is 3. The van der Waals surface area contributed by atoms with E-state index in [4.69, 9.17) is 34.8 Å². The van der Waals surface area contributed by atoms with Crippen LogP contribution in [0.25, 0.3) is 32.9 Å².